The molecule has 0 bridgehead atoms. The summed E-state index contributed by atoms with van der Waals surface area (Å²) in [7, 11) is 0. The summed E-state index contributed by atoms with van der Waals surface area (Å²) in [5.41, 5.74) is 2.31. The van der Waals surface area contributed by atoms with E-state index in [-0.39, 0.29) is 11.2 Å². The van der Waals surface area contributed by atoms with Crippen molar-refractivity contribution in [3.05, 3.63) is 66.9 Å². The third-order valence-corrected chi connectivity index (χ3v) is 6.26. The first-order chi connectivity index (χ1) is 14.3. The van der Waals surface area contributed by atoms with E-state index in [1.54, 1.807) is 36.5 Å². The lowest BCUT2D eigenvalue weighted by atomic mass is 10.1. The smallest absolute Gasteiger partial charge is 0.256 e. The van der Waals surface area contributed by atoms with Gasteiger partial charge in [0.1, 0.15) is 5.03 Å². The molecule has 0 aliphatic carbocycles. The Morgan fingerprint density at radius 3 is 2.79 bits per heavy atom. The molecule has 0 saturated carbocycles. The highest BCUT2D eigenvalue weighted by Gasteiger charge is 2.27. The first kappa shape index (κ1) is 17.9. The zero-order valence-electron chi connectivity index (χ0n) is 15.6. The van der Waals surface area contributed by atoms with Crippen LogP contribution in [0.5, 0.6) is 0 Å². The van der Waals surface area contributed by atoms with Gasteiger partial charge < -0.3 is 4.90 Å². The minimum absolute atomic E-state index is 0.0127. The summed E-state index contributed by atoms with van der Waals surface area (Å²) in [6.07, 6.45) is 10.6. The van der Waals surface area contributed by atoms with Gasteiger partial charge in [-0.2, -0.15) is 20.1 Å². The standard InChI is InChI=1S/C20H19N7OS/c28-20(16-5-1-2-6-17(16)27-23-9-10-24-27)25-12-3-4-15(14-25)29-19-18-7-8-22-26(18)13-11-21-19/h1-2,5-11,13,15H,3-4,12,14H2. The summed E-state index contributed by atoms with van der Waals surface area (Å²) < 4.78 is 1.83. The van der Waals surface area contributed by atoms with Gasteiger partial charge in [-0.25, -0.2) is 9.50 Å². The second-order valence-corrected chi connectivity index (χ2v) is 8.15. The Kier molecular flexibility index (Phi) is 4.73. The van der Waals surface area contributed by atoms with E-state index in [1.165, 1.54) is 4.80 Å². The molecule has 9 heteroatoms. The molecular formula is C20H19N7OS. The third-order valence-electron chi connectivity index (χ3n) is 5.00. The number of thioether (sulfide) groups is 1. The van der Waals surface area contributed by atoms with Crippen molar-refractivity contribution in [3.8, 4) is 5.69 Å². The quantitative estimate of drug-likeness (QED) is 0.519. The second-order valence-electron chi connectivity index (χ2n) is 6.86. The molecule has 1 aromatic carbocycles. The van der Waals surface area contributed by atoms with Gasteiger partial charge in [0.05, 0.1) is 35.4 Å². The lowest BCUT2D eigenvalue weighted by molar-refractivity contribution is 0.0728. The fraction of sp³-hybridized carbons (Fsp3) is 0.250. The van der Waals surface area contributed by atoms with Crippen LogP contribution in [0.25, 0.3) is 11.2 Å². The van der Waals surface area contributed by atoms with Gasteiger partial charge in [0.15, 0.2) is 0 Å². The number of piperidine rings is 1. The van der Waals surface area contributed by atoms with Crippen LogP contribution in [0.3, 0.4) is 0 Å². The molecular weight excluding hydrogens is 386 g/mol. The third kappa shape index (κ3) is 3.49. The molecule has 1 aliphatic rings. The molecule has 1 amide bonds. The molecule has 29 heavy (non-hydrogen) atoms. The molecule has 1 aliphatic heterocycles. The summed E-state index contributed by atoms with van der Waals surface area (Å²) in [5.74, 6) is 0.0127. The number of para-hydroxylation sites is 1. The molecule has 8 nitrogen and oxygen atoms in total. The highest BCUT2D eigenvalue weighted by molar-refractivity contribution is 8.00. The molecule has 1 saturated heterocycles. The lowest BCUT2D eigenvalue weighted by Gasteiger charge is -2.32. The Morgan fingerprint density at radius 1 is 1.03 bits per heavy atom. The van der Waals surface area contributed by atoms with Crippen molar-refractivity contribution in [1.29, 1.82) is 0 Å². The lowest BCUT2D eigenvalue weighted by Crippen LogP contribution is -2.41. The minimum Gasteiger partial charge on any atom is -0.337 e. The molecule has 4 heterocycles. The number of carbonyl (C=O) groups is 1. The minimum atomic E-state index is 0.0127. The van der Waals surface area contributed by atoms with Crippen molar-refractivity contribution < 1.29 is 4.79 Å². The van der Waals surface area contributed by atoms with Gasteiger partial charge in [0.25, 0.3) is 5.91 Å². The van der Waals surface area contributed by atoms with Crippen LogP contribution in [0, 0.1) is 0 Å². The number of carbonyl (C=O) groups excluding carboxylic acids is 1. The molecule has 0 spiro atoms. The molecule has 146 valence electrons. The first-order valence-corrected chi connectivity index (χ1v) is 10.4. The molecule has 1 fully saturated rings. The number of aromatic nitrogens is 6. The van der Waals surface area contributed by atoms with E-state index in [2.05, 4.69) is 20.3 Å². The van der Waals surface area contributed by atoms with Crippen LogP contribution in [0.2, 0.25) is 0 Å². The Balaban J connectivity index is 1.36. The summed E-state index contributed by atoms with van der Waals surface area (Å²) in [5, 5.41) is 13.9. The van der Waals surface area contributed by atoms with Crippen molar-refractivity contribution in [1.82, 2.24) is 34.5 Å². The number of amides is 1. The molecule has 1 unspecified atom stereocenters. The SMILES string of the molecule is O=C(c1ccccc1-n1nccn1)N1CCCC(Sc2nccn3nccc23)C1. The van der Waals surface area contributed by atoms with Crippen LogP contribution in [-0.4, -0.2) is 58.7 Å². The van der Waals surface area contributed by atoms with Crippen LogP contribution in [0.1, 0.15) is 23.2 Å². The van der Waals surface area contributed by atoms with E-state index in [1.807, 2.05) is 45.9 Å². The van der Waals surface area contributed by atoms with E-state index < -0.39 is 0 Å². The van der Waals surface area contributed by atoms with Crippen LogP contribution in [-0.2, 0) is 0 Å². The molecule has 0 radical (unpaired) electrons. The zero-order chi connectivity index (χ0) is 19.6. The number of likely N-dealkylation sites (tertiary alicyclic amines) is 1. The number of benzene rings is 1. The van der Waals surface area contributed by atoms with Crippen molar-refractivity contribution in [2.75, 3.05) is 13.1 Å². The van der Waals surface area contributed by atoms with Gasteiger partial charge in [-0.1, -0.05) is 23.9 Å². The largest absolute Gasteiger partial charge is 0.337 e. The maximum absolute atomic E-state index is 13.3. The average Bonchev–Trinajstić information content (AvgIpc) is 3.46. The van der Waals surface area contributed by atoms with Gasteiger partial charge in [0, 0.05) is 30.7 Å². The highest BCUT2D eigenvalue weighted by atomic mass is 32.2. The summed E-state index contributed by atoms with van der Waals surface area (Å²) in [6.45, 7) is 1.43. The summed E-state index contributed by atoms with van der Waals surface area (Å²) in [6, 6.07) is 9.44. The number of hydrogen-bond acceptors (Lipinski definition) is 6. The van der Waals surface area contributed by atoms with E-state index in [9.17, 15) is 4.79 Å². The first-order valence-electron chi connectivity index (χ1n) is 9.49. The molecule has 3 aromatic heterocycles. The normalized spacial score (nSPS) is 17.0. The molecule has 4 aromatic rings. The number of rotatable bonds is 4. The fourth-order valence-electron chi connectivity index (χ4n) is 3.64. The molecule has 0 N–H and O–H groups in total. The van der Waals surface area contributed by atoms with E-state index in [0.717, 1.165) is 29.9 Å². The monoisotopic (exact) mass is 405 g/mol. The number of fused-ring (bicyclic) bond motifs is 1. The van der Waals surface area contributed by atoms with Gasteiger partial charge in [-0.15, -0.1) is 0 Å². The average molecular weight is 405 g/mol. The molecule has 5 rings (SSSR count). The Labute approximate surface area is 171 Å². The maximum atomic E-state index is 13.3. The topological polar surface area (TPSA) is 81.2 Å². The maximum Gasteiger partial charge on any atom is 0.256 e. The fourth-order valence-corrected chi connectivity index (χ4v) is 4.90. The van der Waals surface area contributed by atoms with Crippen LogP contribution in [0.15, 0.2) is 66.3 Å². The van der Waals surface area contributed by atoms with E-state index in [4.69, 9.17) is 0 Å². The summed E-state index contributed by atoms with van der Waals surface area (Å²) >= 11 is 1.72. The van der Waals surface area contributed by atoms with Crippen molar-refractivity contribution in [3.63, 3.8) is 0 Å². The van der Waals surface area contributed by atoms with Gasteiger partial charge in [0.2, 0.25) is 0 Å². The van der Waals surface area contributed by atoms with Crippen molar-refractivity contribution >= 4 is 23.2 Å². The molecule has 1 atom stereocenters. The van der Waals surface area contributed by atoms with E-state index in [0.29, 0.717) is 17.8 Å². The van der Waals surface area contributed by atoms with Crippen LogP contribution < -0.4 is 0 Å². The van der Waals surface area contributed by atoms with Crippen LogP contribution in [0.4, 0.5) is 0 Å². The zero-order valence-corrected chi connectivity index (χ0v) is 16.4. The Hall–Kier alpha value is -3.20. The Morgan fingerprint density at radius 2 is 1.90 bits per heavy atom. The van der Waals surface area contributed by atoms with Gasteiger partial charge in [-0.3, -0.25) is 4.79 Å². The van der Waals surface area contributed by atoms with Crippen molar-refractivity contribution in [2.45, 2.75) is 23.1 Å². The highest BCUT2D eigenvalue weighted by Crippen LogP contribution is 2.31. The number of nitrogens with zero attached hydrogens (tertiary/aromatic N) is 7. The summed E-state index contributed by atoms with van der Waals surface area (Å²) in [4.78, 5) is 21.3. The van der Waals surface area contributed by atoms with Crippen molar-refractivity contribution in [2.24, 2.45) is 0 Å². The Bertz CT molecular complexity index is 1140. The van der Waals surface area contributed by atoms with Gasteiger partial charge >= 0.3 is 0 Å². The second kappa shape index (κ2) is 7.67. The predicted molar refractivity (Wildman–Crippen MR) is 109 cm³/mol. The number of hydrogen-bond donors (Lipinski definition) is 0. The van der Waals surface area contributed by atoms with Crippen LogP contribution >= 0.6 is 11.8 Å². The predicted octanol–water partition coefficient (Wildman–Crippen LogP) is 2.71. The van der Waals surface area contributed by atoms with E-state index >= 15 is 0 Å². The van der Waals surface area contributed by atoms with Gasteiger partial charge in [-0.05, 0) is 31.0 Å².